The van der Waals surface area contributed by atoms with Crippen molar-refractivity contribution in [1.29, 1.82) is 0 Å². The molecule has 1 aromatic carbocycles. The van der Waals surface area contributed by atoms with Crippen LogP contribution in [0.15, 0.2) is 23.2 Å². The summed E-state index contributed by atoms with van der Waals surface area (Å²) in [6.45, 7) is 6.02. The summed E-state index contributed by atoms with van der Waals surface area (Å²) in [5.41, 5.74) is 7.90. The lowest BCUT2D eigenvalue weighted by molar-refractivity contribution is 0.297. The molecule has 2 heterocycles. The Balaban J connectivity index is 0.00000225. The molecule has 6 nitrogen and oxygen atoms in total. The van der Waals surface area contributed by atoms with Crippen molar-refractivity contribution >= 4 is 47.0 Å². The number of aromatic nitrogens is 1. The van der Waals surface area contributed by atoms with E-state index in [2.05, 4.69) is 15.3 Å². The molecule has 1 aliphatic heterocycles. The molecule has 0 atom stereocenters. The molecule has 0 saturated carbocycles. The van der Waals surface area contributed by atoms with E-state index < -0.39 is 0 Å². The molecular weight excluding hydrogens is 451 g/mol. The topological polar surface area (TPSA) is 81.8 Å². The molecule has 0 bridgehead atoms. The Kier molecular flexibility index (Phi) is 7.30. The smallest absolute Gasteiger partial charge is 0.193 e. The number of rotatable bonds is 4. The second-order valence-corrected chi connectivity index (χ2v) is 6.88. The number of fused-ring (bicyclic) bond motifs is 1. The maximum absolute atomic E-state index is 5.97. The van der Waals surface area contributed by atoms with Gasteiger partial charge in [-0.05, 0) is 26.0 Å². The predicted octanol–water partition coefficient (Wildman–Crippen LogP) is 3.51. The van der Waals surface area contributed by atoms with Gasteiger partial charge >= 0.3 is 0 Å². The third-order valence-electron chi connectivity index (χ3n) is 3.64. The highest BCUT2D eigenvalue weighted by Crippen LogP contribution is 2.32. The van der Waals surface area contributed by atoms with E-state index >= 15 is 0 Å². The van der Waals surface area contributed by atoms with Crippen LogP contribution in [0.25, 0.3) is 0 Å². The number of aryl methyl sites for hydroxylation is 2. The van der Waals surface area contributed by atoms with Crippen LogP contribution in [0.2, 0.25) is 0 Å². The molecular formula is C17H23IN4O2S. The molecule has 0 unspecified atom stereocenters. The number of thiazole rings is 1. The van der Waals surface area contributed by atoms with Crippen molar-refractivity contribution in [3.05, 3.63) is 33.8 Å². The van der Waals surface area contributed by atoms with E-state index in [0.717, 1.165) is 40.7 Å². The summed E-state index contributed by atoms with van der Waals surface area (Å²) < 4.78 is 11.3. The van der Waals surface area contributed by atoms with Gasteiger partial charge in [0.1, 0.15) is 0 Å². The third-order valence-corrected chi connectivity index (χ3v) is 4.77. The van der Waals surface area contributed by atoms with Gasteiger partial charge in [0.05, 0.1) is 23.9 Å². The van der Waals surface area contributed by atoms with E-state index in [9.17, 15) is 0 Å². The van der Waals surface area contributed by atoms with Crippen molar-refractivity contribution in [3.8, 4) is 11.5 Å². The Hall–Kier alpha value is -1.55. The maximum Gasteiger partial charge on any atom is 0.193 e. The summed E-state index contributed by atoms with van der Waals surface area (Å²) in [4.78, 5) is 10.1. The fourth-order valence-corrected chi connectivity index (χ4v) is 3.44. The van der Waals surface area contributed by atoms with E-state index in [-0.39, 0.29) is 24.0 Å². The molecule has 8 heteroatoms. The van der Waals surface area contributed by atoms with Crippen LogP contribution in [0, 0.1) is 13.8 Å². The van der Waals surface area contributed by atoms with Gasteiger partial charge in [0.2, 0.25) is 0 Å². The van der Waals surface area contributed by atoms with Crippen molar-refractivity contribution in [2.75, 3.05) is 25.1 Å². The molecule has 25 heavy (non-hydrogen) atoms. The maximum atomic E-state index is 5.97. The van der Waals surface area contributed by atoms with Crippen LogP contribution in [-0.2, 0) is 6.42 Å². The van der Waals surface area contributed by atoms with E-state index in [0.29, 0.717) is 25.7 Å². The zero-order valence-electron chi connectivity index (χ0n) is 14.4. The second-order valence-electron chi connectivity index (χ2n) is 5.60. The van der Waals surface area contributed by atoms with Gasteiger partial charge in [-0.3, -0.25) is 4.99 Å². The number of anilines is 1. The van der Waals surface area contributed by atoms with E-state index in [1.54, 1.807) is 11.3 Å². The Morgan fingerprint density at radius 1 is 1.28 bits per heavy atom. The number of aliphatic imine (C=N–C) groups is 1. The summed E-state index contributed by atoms with van der Waals surface area (Å²) in [6.07, 6.45) is 1.73. The molecule has 0 aliphatic carbocycles. The van der Waals surface area contributed by atoms with E-state index in [1.165, 1.54) is 4.88 Å². The first-order chi connectivity index (χ1) is 11.6. The van der Waals surface area contributed by atoms with Crippen molar-refractivity contribution in [2.24, 2.45) is 10.7 Å². The Labute approximate surface area is 168 Å². The average molecular weight is 474 g/mol. The molecule has 2 aromatic rings. The van der Waals surface area contributed by atoms with E-state index in [4.69, 9.17) is 15.2 Å². The highest BCUT2D eigenvalue weighted by atomic mass is 127. The lowest BCUT2D eigenvalue weighted by Crippen LogP contribution is -2.23. The zero-order chi connectivity index (χ0) is 16.9. The summed E-state index contributed by atoms with van der Waals surface area (Å²) in [7, 11) is 0. The van der Waals surface area contributed by atoms with Crippen LogP contribution in [0.3, 0.4) is 0 Å². The van der Waals surface area contributed by atoms with Crippen molar-refractivity contribution < 1.29 is 9.47 Å². The first-order valence-electron chi connectivity index (χ1n) is 8.01. The molecule has 1 aromatic heterocycles. The van der Waals surface area contributed by atoms with Gasteiger partial charge < -0.3 is 20.5 Å². The second kappa shape index (κ2) is 9.23. The predicted molar refractivity (Wildman–Crippen MR) is 113 cm³/mol. The number of hydrogen-bond donors (Lipinski definition) is 2. The van der Waals surface area contributed by atoms with Gasteiger partial charge in [0.25, 0.3) is 0 Å². The Morgan fingerprint density at radius 3 is 2.76 bits per heavy atom. The van der Waals surface area contributed by atoms with Gasteiger partial charge in [-0.25, -0.2) is 4.98 Å². The van der Waals surface area contributed by atoms with Crippen molar-refractivity contribution in [3.63, 3.8) is 0 Å². The number of nitrogens with zero attached hydrogens (tertiary/aromatic N) is 2. The van der Waals surface area contributed by atoms with Gasteiger partial charge in [-0.1, -0.05) is 0 Å². The van der Waals surface area contributed by atoms with Crippen molar-refractivity contribution in [1.82, 2.24) is 4.98 Å². The summed E-state index contributed by atoms with van der Waals surface area (Å²) in [5, 5.41) is 4.19. The molecule has 3 N–H and O–H groups in total. The van der Waals surface area contributed by atoms with Gasteiger partial charge in [0.15, 0.2) is 17.5 Å². The number of halogens is 1. The molecule has 0 fully saturated rings. The molecule has 1 aliphatic rings. The van der Waals surface area contributed by atoms with Gasteiger partial charge in [-0.15, -0.1) is 35.3 Å². The van der Waals surface area contributed by atoms with Gasteiger partial charge in [0, 0.05) is 36.0 Å². The zero-order valence-corrected chi connectivity index (χ0v) is 17.5. The number of ether oxygens (including phenoxy) is 2. The monoisotopic (exact) mass is 474 g/mol. The molecule has 0 spiro atoms. The lowest BCUT2D eigenvalue weighted by atomic mass is 10.3. The largest absolute Gasteiger partial charge is 0.490 e. The minimum Gasteiger partial charge on any atom is -0.490 e. The molecule has 3 rings (SSSR count). The normalized spacial score (nSPS) is 13.8. The standard InChI is InChI=1S/C17H22N4O2S.HI/c1-11-16(24-12(2)20-11)6-7-19-17(18)21-13-4-5-14-15(10-13)23-9-3-8-22-14;/h4-5,10H,3,6-9H2,1-2H3,(H3,18,19,21);1H. The number of guanidine groups is 1. The van der Waals surface area contributed by atoms with Crippen LogP contribution < -0.4 is 20.5 Å². The fraction of sp³-hybridized carbons (Fsp3) is 0.412. The summed E-state index contributed by atoms with van der Waals surface area (Å²) in [5.74, 6) is 1.90. The Morgan fingerprint density at radius 2 is 2.04 bits per heavy atom. The van der Waals surface area contributed by atoms with Crippen LogP contribution in [0.4, 0.5) is 5.69 Å². The summed E-state index contributed by atoms with van der Waals surface area (Å²) in [6, 6.07) is 5.69. The van der Waals surface area contributed by atoms with Crippen molar-refractivity contribution in [2.45, 2.75) is 26.7 Å². The number of nitrogens with two attached hydrogens (primary N) is 1. The van der Waals surface area contributed by atoms with E-state index in [1.807, 2.05) is 32.0 Å². The van der Waals surface area contributed by atoms with Crippen LogP contribution in [-0.4, -0.2) is 30.7 Å². The number of hydrogen-bond acceptors (Lipinski definition) is 5. The quantitative estimate of drug-likeness (QED) is 0.403. The first kappa shape index (κ1) is 19.8. The summed E-state index contributed by atoms with van der Waals surface area (Å²) >= 11 is 1.72. The first-order valence-corrected chi connectivity index (χ1v) is 8.83. The highest BCUT2D eigenvalue weighted by Gasteiger charge is 2.11. The number of benzene rings is 1. The minimum atomic E-state index is 0. The average Bonchev–Trinajstić information content (AvgIpc) is 2.74. The lowest BCUT2D eigenvalue weighted by Gasteiger charge is -2.10. The van der Waals surface area contributed by atoms with Crippen LogP contribution >= 0.6 is 35.3 Å². The number of nitrogens with one attached hydrogen (secondary N) is 1. The molecule has 0 amide bonds. The SMILES string of the molecule is Cc1nc(C)c(CCN=C(N)Nc2ccc3c(c2)OCCCO3)s1.I. The highest BCUT2D eigenvalue weighted by molar-refractivity contribution is 14.0. The minimum absolute atomic E-state index is 0. The molecule has 0 saturated heterocycles. The fourth-order valence-electron chi connectivity index (χ4n) is 2.51. The molecule has 0 radical (unpaired) electrons. The van der Waals surface area contributed by atoms with Crippen LogP contribution in [0.5, 0.6) is 11.5 Å². The third kappa shape index (κ3) is 5.46. The van der Waals surface area contributed by atoms with Crippen LogP contribution in [0.1, 0.15) is 22.0 Å². The Bertz CT molecular complexity index is 748. The van der Waals surface area contributed by atoms with Gasteiger partial charge in [-0.2, -0.15) is 0 Å². The molecule has 136 valence electrons.